The number of carbonyl (C=O) groups is 1. The average molecular weight is 535 g/mol. The topological polar surface area (TPSA) is 120 Å². The number of nitrogens with zero attached hydrogens (tertiary/aromatic N) is 3. The zero-order valence-corrected chi connectivity index (χ0v) is 20.2. The molecule has 0 saturated heterocycles. The number of nitro groups is 1. The predicted molar refractivity (Wildman–Crippen MR) is 129 cm³/mol. The lowest BCUT2D eigenvalue weighted by molar-refractivity contribution is -0.384. The molecule has 0 fully saturated rings. The maximum atomic E-state index is 14.4. The Morgan fingerprint density at radius 3 is 2.79 bits per heavy atom. The Morgan fingerprint density at radius 1 is 1.32 bits per heavy atom. The number of nitro benzene ring substituents is 1. The van der Waals surface area contributed by atoms with Gasteiger partial charge in [0.15, 0.2) is 0 Å². The van der Waals surface area contributed by atoms with Gasteiger partial charge in [-0.15, -0.1) is 0 Å². The molecule has 2 aromatic carbocycles. The summed E-state index contributed by atoms with van der Waals surface area (Å²) in [6.45, 7) is 2.91. The highest BCUT2D eigenvalue weighted by atomic mass is 79.9. The molecule has 0 saturated carbocycles. The van der Waals surface area contributed by atoms with Crippen molar-refractivity contribution in [1.82, 2.24) is 9.78 Å². The molecule has 0 bridgehead atoms. The van der Waals surface area contributed by atoms with Gasteiger partial charge >= 0.3 is 5.97 Å². The lowest BCUT2D eigenvalue weighted by Gasteiger charge is -2.15. The van der Waals surface area contributed by atoms with Crippen molar-refractivity contribution >= 4 is 33.3 Å². The molecule has 1 heterocycles. The van der Waals surface area contributed by atoms with Crippen LogP contribution in [0.4, 0.5) is 15.8 Å². The highest BCUT2D eigenvalue weighted by Gasteiger charge is 2.18. The summed E-state index contributed by atoms with van der Waals surface area (Å²) < 4.78 is 22.5. The van der Waals surface area contributed by atoms with E-state index in [2.05, 4.69) is 26.3 Å². The third-order valence-electron chi connectivity index (χ3n) is 5.26. The lowest BCUT2D eigenvalue weighted by atomic mass is 10.0. The summed E-state index contributed by atoms with van der Waals surface area (Å²) in [6, 6.07) is 8.33. The van der Waals surface area contributed by atoms with Crippen molar-refractivity contribution in [3.63, 3.8) is 0 Å². The number of anilines is 1. The fraction of sp³-hybridized carbons (Fsp3) is 0.304. The summed E-state index contributed by atoms with van der Waals surface area (Å²) in [5, 5.41) is 27.7. The fourth-order valence-electron chi connectivity index (χ4n) is 3.44. The van der Waals surface area contributed by atoms with Crippen LogP contribution in [0, 0.1) is 21.8 Å². The molecule has 0 spiro atoms. The summed E-state index contributed by atoms with van der Waals surface area (Å²) in [5.41, 5.74) is 0.920. The van der Waals surface area contributed by atoms with Crippen molar-refractivity contribution in [2.75, 3.05) is 18.5 Å². The Hall–Kier alpha value is -3.47. The van der Waals surface area contributed by atoms with Crippen LogP contribution in [-0.2, 0) is 7.05 Å². The number of aromatic carboxylic acids is 1. The number of carboxylic acid groups (broad SMARTS) is 1. The van der Waals surface area contributed by atoms with Gasteiger partial charge in [-0.25, -0.2) is 13.9 Å². The number of hydrogen-bond acceptors (Lipinski definition) is 6. The molecule has 11 heteroatoms. The van der Waals surface area contributed by atoms with Crippen molar-refractivity contribution in [1.29, 1.82) is 0 Å². The van der Waals surface area contributed by atoms with E-state index in [0.717, 1.165) is 17.0 Å². The molecule has 0 unspecified atom stereocenters. The summed E-state index contributed by atoms with van der Waals surface area (Å²) >= 11 is 3.33. The van der Waals surface area contributed by atoms with Gasteiger partial charge in [-0.05, 0) is 49.1 Å². The molecule has 2 N–H and O–H groups in total. The summed E-state index contributed by atoms with van der Waals surface area (Å²) in [6.07, 6.45) is 2.91. The molecule has 180 valence electrons. The third kappa shape index (κ3) is 6.10. The minimum absolute atomic E-state index is 0.0154. The molecule has 0 radical (unpaired) electrons. The Balaban J connectivity index is 1.57. The maximum absolute atomic E-state index is 14.4. The molecule has 1 atom stereocenters. The first-order valence-electron chi connectivity index (χ1n) is 10.5. The van der Waals surface area contributed by atoms with Crippen molar-refractivity contribution in [3.8, 4) is 17.0 Å². The van der Waals surface area contributed by atoms with E-state index < -0.39 is 16.7 Å². The van der Waals surface area contributed by atoms with E-state index in [0.29, 0.717) is 36.7 Å². The van der Waals surface area contributed by atoms with Gasteiger partial charge in [0.1, 0.15) is 11.5 Å². The first-order valence-corrected chi connectivity index (χ1v) is 11.3. The zero-order valence-electron chi connectivity index (χ0n) is 18.6. The van der Waals surface area contributed by atoms with Gasteiger partial charge in [-0.1, -0.05) is 22.9 Å². The van der Waals surface area contributed by atoms with Crippen LogP contribution in [0.25, 0.3) is 11.1 Å². The van der Waals surface area contributed by atoms with Gasteiger partial charge in [0.25, 0.3) is 5.69 Å². The van der Waals surface area contributed by atoms with E-state index >= 15 is 0 Å². The van der Waals surface area contributed by atoms with Crippen LogP contribution in [0.2, 0.25) is 0 Å². The van der Waals surface area contributed by atoms with Crippen LogP contribution in [-0.4, -0.2) is 38.9 Å². The van der Waals surface area contributed by atoms with Gasteiger partial charge < -0.3 is 15.2 Å². The van der Waals surface area contributed by atoms with E-state index in [1.807, 2.05) is 6.92 Å². The largest absolute Gasteiger partial charge is 0.478 e. The molecule has 1 aromatic heterocycles. The number of rotatable bonds is 11. The Kier molecular flexibility index (Phi) is 8.21. The molecule has 34 heavy (non-hydrogen) atoms. The first-order chi connectivity index (χ1) is 16.2. The minimum Gasteiger partial charge on any atom is -0.478 e. The van der Waals surface area contributed by atoms with Crippen LogP contribution in [0.3, 0.4) is 0 Å². The van der Waals surface area contributed by atoms with Crippen molar-refractivity contribution < 1.29 is 24.0 Å². The second-order valence-electron chi connectivity index (χ2n) is 7.88. The summed E-state index contributed by atoms with van der Waals surface area (Å²) in [7, 11) is 1.66. The summed E-state index contributed by atoms with van der Waals surface area (Å²) in [4.78, 5) is 22.0. The van der Waals surface area contributed by atoms with Gasteiger partial charge in [0.2, 0.25) is 5.88 Å². The van der Waals surface area contributed by atoms with Gasteiger partial charge in [-0.3, -0.25) is 10.1 Å². The molecular formula is C23H24BrFN4O5. The zero-order chi connectivity index (χ0) is 24.8. The number of hydrogen-bond donors (Lipinski definition) is 2. The number of aromatic nitrogens is 2. The normalized spacial score (nSPS) is 11.8. The monoisotopic (exact) mass is 534 g/mol. The Bertz CT molecular complexity index is 1200. The SMILES string of the molecule is C[C@H](CCCOc1c(-c2cc(C(=O)O)ccc2F)cnn1C)CNc1cc(Br)ccc1[N+](=O)[O-]. The number of halogens is 2. The molecule has 3 rings (SSSR count). The van der Waals surface area contributed by atoms with E-state index in [1.165, 1.54) is 29.1 Å². The number of nitrogens with one attached hydrogen (secondary N) is 1. The minimum atomic E-state index is -1.15. The van der Waals surface area contributed by atoms with Gasteiger partial charge in [0, 0.05) is 29.7 Å². The Labute approximate surface area is 203 Å². The van der Waals surface area contributed by atoms with Crippen molar-refractivity contribution in [2.24, 2.45) is 13.0 Å². The number of benzene rings is 2. The molecule has 0 aliphatic carbocycles. The second kappa shape index (κ2) is 11.1. The molecule has 9 nitrogen and oxygen atoms in total. The smallest absolute Gasteiger partial charge is 0.335 e. The maximum Gasteiger partial charge on any atom is 0.335 e. The van der Waals surface area contributed by atoms with Gasteiger partial charge in [-0.2, -0.15) is 5.10 Å². The van der Waals surface area contributed by atoms with E-state index in [4.69, 9.17) is 4.74 Å². The van der Waals surface area contributed by atoms with Gasteiger partial charge in [0.05, 0.1) is 28.9 Å². The summed E-state index contributed by atoms with van der Waals surface area (Å²) in [5.74, 6) is -1.16. The van der Waals surface area contributed by atoms with Crippen LogP contribution in [0.5, 0.6) is 5.88 Å². The second-order valence-corrected chi connectivity index (χ2v) is 8.80. The van der Waals surface area contributed by atoms with Crippen molar-refractivity contribution in [2.45, 2.75) is 19.8 Å². The molecule has 0 aliphatic heterocycles. The standard InChI is InChI=1S/C23H24BrFN4O5/c1-14(12-26-20-11-16(24)6-8-21(20)29(32)33)4-3-9-34-22-18(13-27-28(22)2)17-10-15(23(30)31)5-7-19(17)25/h5-8,10-11,13-14,26H,3-4,9,12H2,1-2H3,(H,30,31)/t14-/m1/s1. The molecular weight excluding hydrogens is 511 g/mol. The van der Waals surface area contributed by atoms with E-state index in [9.17, 15) is 24.4 Å². The highest BCUT2D eigenvalue weighted by molar-refractivity contribution is 9.10. The quantitative estimate of drug-likeness (QED) is 0.189. The molecule has 3 aromatic rings. The highest BCUT2D eigenvalue weighted by Crippen LogP contribution is 2.32. The van der Waals surface area contributed by atoms with E-state index in [-0.39, 0.29) is 22.7 Å². The number of ether oxygens (including phenoxy) is 1. The van der Waals surface area contributed by atoms with Crippen LogP contribution < -0.4 is 10.1 Å². The Morgan fingerprint density at radius 2 is 2.09 bits per heavy atom. The number of aryl methyl sites for hydroxylation is 1. The average Bonchev–Trinajstić information content (AvgIpc) is 3.15. The molecule has 0 aliphatic rings. The fourth-order valence-corrected chi connectivity index (χ4v) is 3.80. The van der Waals surface area contributed by atoms with Crippen molar-refractivity contribution in [3.05, 3.63) is 68.6 Å². The first kappa shape index (κ1) is 25.2. The van der Waals surface area contributed by atoms with Crippen LogP contribution >= 0.6 is 15.9 Å². The lowest BCUT2D eigenvalue weighted by Crippen LogP contribution is -2.14. The van der Waals surface area contributed by atoms with E-state index in [1.54, 1.807) is 19.2 Å². The molecule has 0 amide bonds. The number of carboxylic acids is 1. The predicted octanol–water partition coefficient (Wildman–Crippen LogP) is 5.50. The third-order valence-corrected chi connectivity index (χ3v) is 5.76. The van der Waals surface area contributed by atoms with Crippen LogP contribution in [0.1, 0.15) is 30.1 Å². The van der Waals surface area contributed by atoms with Crippen LogP contribution in [0.15, 0.2) is 47.1 Å².